The lowest BCUT2D eigenvalue weighted by atomic mass is 10.0. The SMILES string of the molecule is Cc1ccc(-c2nc(NC(=O)C=Cc3ccc(C(C)C)cc3)sc2C)cc1. The molecular formula is C23H24N2OS. The van der Waals surface area contributed by atoms with Gasteiger partial charge in [-0.05, 0) is 37.0 Å². The van der Waals surface area contributed by atoms with Gasteiger partial charge in [-0.2, -0.15) is 0 Å². The molecule has 0 fully saturated rings. The van der Waals surface area contributed by atoms with Crippen LogP contribution in [0.4, 0.5) is 5.13 Å². The summed E-state index contributed by atoms with van der Waals surface area (Å²) < 4.78 is 0. The maximum Gasteiger partial charge on any atom is 0.250 e. The van der Waals surface area contributed by atoms with Crippen LogP contribution in [0.5, 0.6) is 0 Å². The molecule has 2 aromatic carbocycles. The third-order valence-electron chi connectivity index (χ3n) is 4.38. The van der Waals surface area contributed by atoms with E-state index in [4.69, 9.17) is 0 Å². The molecule has 3 rings (SSSR count). The minimum absolute atomic E-state index is 0.174. The van der Waals surface area contributed by atoms with Crippen molar-refractivity contribution in [3.05, 3.63) is 76.2 Å². The van der Waals surface area contributed by atoms with Crippen molar-refractivity contribution in [3.63, 3.8) is 0 Å². The van der Waals surface area contributed by atoms with Gasteiger partial charge in [-0.15, -0.1) is 11.3 Å². The van der Waals surface area contributed by atoms with Crippen LogP contribution in [0.15, 0.2) is 54.6 Å². The molecule has 3 nitrogen and oxygen atoms in total. The average Bonchev–Trinajstić information content (AvgIpc) is 3.01. The molecule has 0 atom stereocenters. The van der Waals surface area contributed by atoms with E-state index in [1.54, 1.807) is 6.08 Å². The van der Waals surface area contributed by atoms with Crippen LogP contribution in [0, 0.1) is 13.8 Å². The van der Waals surface area contributed by atoms with Gasteiger partial charge in [0, 0.05) is 16.5 Å². The van der Waals surface area contributed by atoms with Crippen LogP contribution in [0.25, 0.3) is 17.3 Å². The maximum absolute atomic E-state index is 12.2. The molecule has 0 bridgehead atoms. The Morgan fingerprint density at radius 3 is 2.33 bits per heavy atom. The normalized spacial score (nSPS) is 11.3. The largest absolute Gasteiger partial charge is 0.298 e. The van der Waals surface area contributed by atoms with E-state index < -0.39 is 0 Å². The van der Waals surface area contributed by atoms with Gasteiger partial charge in [0.1, 0.15) is 0 Å². The monoisotopic (exact) mass is 376 g/mol. The number of hydrogen-bond acceptors (Lipinski definition) is 3. The molecule has 0 spiro atoms. The molecule has 1 N–H and O–H groups in total. The summed E-state index contributed by atoms with van der Waals surface area (Å²) in [6, 6.07) is 16.5. The van der Waals surface area contributed by atoms with Crippen molar-refractivity contribution >= 4 is 28.5 Å². The Morgan fingerprint density at radius 1 is 1.04 bits per heavy atom. The first kappa shape index (κ1) is 19.1. The van der Waals surface area contributed by atoms with E-state index in [1.165, 1.54) is 22.5 Å². The van der Waals surface area contributed by atoms with Gasteiger partial charge in [-0.3, -0.25) is 10.1 Å². The summed E-state index contributed by atoms with van der Waals surface area (Å²) in [5.74, 6) is 0.328. The second kappa shape index (κ2) is 8.31. The molecule has 1 heterocycles. The Balaban J connectivity index is 1.67. The summed E-state index contributed by atoms with van der Waals surface area (Å²) in [4.78, 5) is 17.9. The highest BCUT2D eigenvalue weighted by atomic mass is 32.1. The first-order valence-corrected chi connectivity index (χ1v) is 9.87. The predicted molar refractivity (Wildman–Crippen MR) is 115 cm³/mol. The average molecular weight is 377 g/mol. The zero-order valence-electron chi connectivity index (χ0n) is 16.1. The van der Waals surface area contributed by atoms with E-state index >= 15 is 0 Å². The molecule has 1 amide bonds. The van der Waals surface area contributed by atoms with Crippen molar-refractivity contribution in [1.82, 2.24) is 4.98 Å². The third-order valence-corrected chi connectivity index (χ3v) is 5.27. The highest BCUT2D eigenvalue weighted by Crippen LogP contribution is 2.30. The highest BCUT2D eigenvalue weighted by Gasteiger charge is 2.11. The van der Waals surface area contributed by atoms with Crippen LogP contribution in [0.2, 0.25) is 0 Å². The van der Waals surface area contributed by atoms with Gasteiger partial charge in [0.05, 0.1) is 5.69 Å². The molecule has 0 radical (unpaired) electrons. The van der Waals surface area contributed by atoms with Crippen molar-refractivity contribution in [2.24, 2.45) is 0 Å². The highest BCUT2D eigenvalue weighted by molar-refractivity contribution is 7.16. The van der Waals surface area contributed by atoms with Crippen molar-refractivity contribution in [3.8, 4) is 11.3 Å². The van der Waals surface area contributed by atoms with Crippen molar-refractivity contribution < 1.29 is 4.79 Å². The van der Waals surface area contributed by atoms with Crippen molar-refractivity contribution in [2.45, 2.75) is 33.6 Å². The summed E-state index contributed by atoms with van der Waals surface area (Å²) in [5.41, 5.74) is 5.50. The Bertz CT molecular complexity index is 951. The molecule has 4 heteroatoms. The first-order valence-electron chi connectivity index (χ1n) is 9.06. The fraction of sp³-hybridized carbons (Fsp3) is 0.217. The molecule has 138 valence electrons. The number of carbonyl (C=O) groups is 1. The molecule has 0 aliphatic carbocycles. The molecule has 0 saturated heterocycles. The summed E-state index contributed by atoms with van der Waals surface area (Å²) in [5, 5.41) is 3.48. The first-order chi connectivity index (χ1) is 12.9. The maximum atomic E-state index is 12.2. The Labute approximate surface area is 164 Å². The summed E-state index contributed by atoms with van der Waals surface area (Å²) >= 11 is 1.49. The van der Waals surface area contributed by atoms with Gasteiger partial charge in [0.2, 0.25) is 5.91 Å². The number of rotatable bonds is 5. The number of nitrogens with zero attached hydrogens (tertiary/aromatic N) is 1. The lowest BCUT2D eigenvalue weighted by Gasteiger charge is -2.04. The number of benzene rings is 2. The van der Waals surface area contributed by atoms with E-state index in [2.05, 4.69) is 67.5 Å². The van der Waals surface area contributed by atoms with E-state index in [1.807, 2.05) is 25.1 Å². The van der Waals surface area contributed by atoms with Crippen LogP contribution in [-0.2, 0) is 4.79 Å². The van der Waals surface area contributed by atoms with E-state index in [9.17, 15) is 4.79 Å². The molecule has 27 heavy (non-hydrogen) atoms. The second-order valence-corrected chi connectivity index (χ2v) is 8.14. The minimum Gasteiger partial charge on any atom is -0.298 e. The summed E-state index contributed by atoms with van der Waals surface area (Å²) in [6.45, 7) is 8.42. The van der Waals surface area contributed by atoms with E-state index in [0.29, 0.717) is 11.0 Å². The summed E-state index contributed by atoms with van der Waals surface area (Å²) in [7, 11) is 0. The van der Waals surface area contributed by atoms with Gasteiger partial charge < -0.3 is 0 Å². The van der Waals surface area contributed by atoms with E-state index in [0.717, 1.165) is 21.7 Å². The molecule has 3 aromatic rings. The molecular weight excluding hydrogens is 352 g/mol. The van der Waals surface area contributed by atoms with Crippen molar-refractivity contribution in [2.75, 3.05) is 5.32 Å². The van der Waals surface area contributed by atoms with Crippen LogP contribution < -0.4 is 5.32 Å². The Kier molecular flexibility index (Phi) is 5.87. The van der Waals surface area contributed by atoms with Crippen LogP contribution in [0.1, 0.15) is 41.3 Å². The number of nitrogens with one attached hydrogen (secondary N) is 1. The number of hydrogen-bond donors (Lipinski definition) is 1. The lowest BCUT2D eigenvalue weighted by molar-refractivity contribution is -0.111. The molecule has 0 saturated carbocycles. The van der Waals surface area contributed by atoms with Crippen LogP contribution in [0.3, 0.4) is 0 Å². The van der Waals surface area contributed by atoms with Crippen molar-refractivity contribution in [1.29, 1.82) is 0 Å². The van der Waals surface area contributed by atoms with Gasteiger partial charge >= 0.3 is 0 Å². The second-order valence-electron chi connectivity index (χ2n) is 6.93. The number of thiazole rings is 1. The Morgan fingerprint density at radius 2 is 1.70 bits per heavy atom. The number of anilines is 1. The minimum atomic E-state index is -0.174. The molecule has 1 aromatic heterocycles. The van der Waals surface area contributed by atoms with Gasteiger partial charge in [0.15, 0.2) is 5.13 Å². The van der Waals surface area contributed by atoms with Crippen LogP contribution >= 0.6 is 11.3 Å². The third kappa shape index (κ3) is 4.92. The standard InChI is InChI=1S/C23H24N2OS/c1-15(2)19-12-7-18(8-13-19)9-14-21(26)24-23-25-22(17(4)27-23)20-10-5-16(3)6-11-20/h5-15H,1-4H3,(H,24,25,26). The van der Waals surface area contributed by atoms with E-state index in [-0.39, 0.29) is 5.91 Å². The topological polar surface area (TPSA) is 42.0 Å². The zero-order valence-corrected chi connectivity index (χ0v) is 16.9. The molecule has 0 aliphatic rings. The quantitative estimate of drug-likeness (QED) is 0.538. The summed E-state index contributed by atoms with van der Waals surface area (Å²) in [6.07, 6.45) is 3.37. The fourth-order valence-corrected chi connectivity index (χ4v) is 3.58. The number of carbonyl (C=O) groups excluding carboxylic acids is 1. The fourth-order valence-electron chi connectivity index (χ4n) is 2.74. The lowest BCUT2D eigenvalue weighted by Crippen LogP contribution is -2.07. The number of amides is 1. The number of aromatic nitrogens is 1. The van der Waals surface area contributed by atoms with Gasteiger partial charge in [-0.25, -0.2) is 4.98 Å². The van der Waals surface area contributed by atoms with Crippen LogP contribution in [-0.4, -0.2) is 10.9 Å². The predicted octanol–water partition coefficient (Wildman–Crippen LogP) is 6.20. The number of aryl methyl sites for hydroxylation is 2. The smallest absolute Gasteiger partial charge is 0.250 e. The van der Waals surface area contributed by atoms with Gasteiger partial charge in [-0.1, -0.05) is 67.9 Å². The Hall–Kier alpha value is -2.72. The zero-order chi connectivity index (χ0) is 19.4. The molecule has 0 unspecified atom stereocenters. The van der Waals surface area contributed by atoms with Gasteiger partial charge in [0.25, 0.3) is 0 Å². The molecule has 0 aliphatic heterocycles.